The molecule has 2 aromatic carbocycles. The van der Waals surface area contributed by atoms with Crippen molar-refractivity contribution >= 4 is 5.91 Å². The van der Waals surface area contributed by atoms with E-state index in [2.05, 4.69) is 16.7 Å². The van der Waals surface area contributed by atoms with Gasteiger partial charge in [-0.15, -0.1) is 0 Å². The second kappa shape index (κ2) is 7.91. The molecule has 0 radical (unpaired) electrons. The number of ether oxygens (including phenoxy) is 3. The van der Waals surface area contributed by atoms with Gasteiger partial charge < -0.3 is 24.5 Å². The smallest absolute Gasteiger partial charge is 0.250 e. The van der Waals surface area contributed by atoms with Gasteiger partial charge >= 0.3 is 0 Å². The van der Waals surface area contributed by atoms with Gasteiger partial charge in [0, 0.05) is 23.5 Å². The monoisotopic (exact) mass is 392 g/mol. The van der Waals surface area contributed by atoms with E-state index >= 15 is 0 Å². The van der Waals surface area contributed by atoms with E-state index in [-0.39, 0.29) is 0 Å². The number of aryl methyl sites for hydroxylation is 1. The number of benzene rings is 2. The average molecular weight is 392 g/mol. The molecule has 2 N–H and O–H groups in total. The molecule has 1 amide bonds. The van der Waals surface area contributed by atoms with E-state index in [9.17, 15) is 4.79 Å². The van der Waals surface area contributed by atoms with E-state index in [1.807, 2.05) is 43.3 Å². The lowest BCUT2D eigenvalue weighted by atomic mass is 10.1. The molecule has 6 heteroatoms. The maximum atomic E-state index is 11.9. The number of aromatic nitrogens is 1. The van der Waals surface area contributed by atoms with Crippen LogP contribution in [0.15, 0.2) is 48.5 Å². The zero-order chi connectivity index (χ0) is 20.4. The molecule has 29 heavy (non-hydrogen) atoms. The number of primary amides is 1. The summed E-state index contributed by atoms with van der Waals surface area (Å²) in [5.41, 5.74) is 10.1. The molecule has 1 aromatic heterocycles. The normalized spacial score (nSPS) is 12.6. The molecule has 0 atom stereocenters. The fourth-order valence-electron chi connectivity index (χ4n) is 3.66. The number of hydrogen-bond acceptors (Lipinski definition) is 4. The third-order valence-electron chi connectivity index (χ3n) is 5.25. The van der Waals surface area contributed by atoms with Crippen molar-refractivity contribution in [2.45, 2.75) is 19.9 Å². The molecule has 0 aliphatic carbocycles. The number of fused-ring (bicyclic) bond motifs is 1. The van der Waals surface area contributed by atoms with Crippen LogP contribution in [0.4, 0.5) is 0 Å². The Balaban J connectivity index is 1.68. The van der Waals surface area contributed by atoms with Crippen LogP contribution in [0.1, 0.15) is 21.6 Å². The summed E-state index contributed by atoms with van der Waals surface area (Å²) >= 11 is 0. The van der Waals surface area contributed by atoms with Gasteiger partial charge in [-0.05, 0) is 55.3 Å². The summed E-state index contributed by atoms with van der Waals surface area (Å²) in [4.78, 5) is 11.9. The number of carbonyl (C=O) groups is 1. The molecular formula is C23H24N2O4. The van der Waals surface area contributed by atoms with Gasteiger partial charge in [0.1, 0.15) is 19.0 Å². The predicted octanol–water partition coefficient (Wildman–Crippen LogP) is 3.58. The van der Waals surface area contributed by atoms with Gasteiger partial charge in [-0.1, -0.05) is 12.1 Å². The average Bonchev–Trinajstić information content (AvgIpc) is 3.08. The molecule has 1 aliphatic rings. The minimum Gasteiger partial charge on any atom is -0.497 e. The largest absolute Gasteiger partial charge is 0.497 e. The SMILES string of the molecule is COc1ccc(CCn2c(-c3ccc4c(c3)OCCO4)cc(C(N)=O)c2C)cc1. The highest BCUT2D eigenvalue weighted by Gasteiger charge is 2.19. The number of nitrogens with two attached hydrogens (primary N) is 1. The Hall–Kier alpha value is -3.41. The molecule has 6 nitrogen and oxygen atoms in total. The molecule has 2 heterocycles. The van der Waals surface area contributed by atoms with Crippen molar-refractivity contribution in [2.24, 2.45) is 5.73 Å². The van der Waals surface area contributed by atoms with Gasteiger partial charge in [0.2, 0.25) is 0 Å². The van der Waals surface area contributed by atoms with Crippen molar-refractivity contribution in [1.29, 1.82) is 0 Å². The fraction of sp³-hybridized carbons (Fsp3) is 0.261. The molecule has 0 spiro atoms. The standard InChI is InChI=1S/C23H24N2O4/c1-15-19(23(24)26)14-20(17-5-8-21-22(13-17)29-12-11-28-21)25(15)10-9-16-3-6-18(27-2)7-4-16/h3-8,13-14H,9-12H2,1-2H3,(H2,24,26). The van der Waals surface area contributed by atoms with Gasteiger partial charge in [0.05, 0.1) is 12.7 Å². The second-order valence-electron chi connectivity index (χ2n) is 7.00. The first-order valence-corrected chi connectivity index (χ1v) is 9.59. The van der Waals surface area contributed by atoms with Crippen LogP contribution in [0, 0.1) is 6.92 Å². The first-order chi connectivity index (χ1) is 14.1. The quantitative estimate of drug-likeness (QED) is 0.696. The van der Waals surface area contributed by atoms with Crippen LogP contribution in [0.3, 0.4) is 0 Å². The molecule has 3 aromatic rings. The summed E-state index contributed by atoms with van der Waals surface area (Å²) in [5.74, 6) is 1.86. The van der Waals surface area contributed by atoms with Crippen molar-refractivity contribution in [2.75, 3.05) is 20.3 Å². The van der Waals surface area contributed by atoms with Gasteiger partial charge in [0.25, 0.3) is 5.91 Å². The highest BCUT2D eigenvalue weighted by Crippen LogP contribution is 2.36. The summed E-state index contributed by atoms with van der Waals surface area (Å²) in [5, 5.41) is 0. The molecule has 150 valence electrons. The lowest BCUT2D eigenvalue weighted by Gasteiger charge is -2.19. The first-order valence-electron chi connectivity index (χ1n) is 9.59. The van der Waals surface area contributed by atoms with Gasteiger partial charge in [-0.2, -0.15) is 0 Å². The second-order valence-corrected chi connectivity index (χ2v) is 7.00. The van der Waals surface area contributed by atoms with Crippen LogP contribution in [0.25, 0.3) is 11.3 Å². The number of hydrogen-bond donors (Lipinski definition) is 1. The van der Waals surface area contributed by atoms with E-state index in [4.69, 9.17) is 19.9 Å². The number of amides is 1. The van der Waals surface area contributed by atoms with E-state index in [0.29, 0.717) is 18.8 Å². The van der Waals surface area contributed by atoms with Crippen LogP contribution in [0.5, 0.6) is 17.2 Å². The number of rotatable bonds is 6. The van der Waals surface area contributed by atoms with Crippen molar-refractivity contribution in [1.82, 2.24) is 4.57 Å². The van der Waals surface area contributed by atoms with Gasteiger partial charge in [-0.25, -0.2) is 0 Å². The highest BCUT2D eigenvalue weighted by atomic mass is 16.6. The molecular weight excluding hydrogens is 368 g/mol. The van der Waals surface area contributed by atoms with E-state index < -0.39 is 5.91 Å². The van der Waals surface area contributed by atoms with E-state index in [1.165, 1.54) is 5.56 Å². The number of carbonyl (C=O) groups excluding carboxylic acids is 1. The summed E-state index contributed by atoms with van der Waals surface area (Å²) in [6.45, 7) is 3.72. The van der Waals surface area contributed by atoms with Crippen LogP contribution in [-0.4, -0.2) is 30.8 Å². The zero-order valence-electron chi connectivity index (χ0n) is 16.6. The maximum Gasteiger partial charge on any atom is 0.250 e. The molecule has 1 aliphatic heterocycles. The van der Waals surface area contributed by atoms with Crippen LogP contribution in [-0.2, 0) is 13.0 Å². The van der Waals surface area contributed by atoms with Gasteiger partial charge in [-0.3, -0.25) is 4.79 Å². The molecule has 4 rings (SSSR count). The summed E-state index contributed by atoms with van der Waals surface area (Å²) in [6, 6.07) is 15.7. The first kappa shape index (κ1) is 18.9. The summed E-state index contributed by atoms with van der Waals surface area (Å²) in [7, 11) is 1.66. The Bertz CT molecular complexity index is 1040. The summed E-state index contributed by atoms with van der Waals surface area (Å²) in [6.07, 6.45) is 0.815. The molecule has 0 bridgehead atoms. The Morgan fingerprint density at radius 3 is 2.48 bits per heavy atom. The minimum absolute atomic E-state index is 0.426. The van der Waals surface area contributed by atoms with Crippen LogP contribution < -0.4 is 19.9 Å². The topological polar surface area (TPSA) is 75.7 Å². The molecule has 0 unspecified atom stereocenters. The fourth-order valence-corrected chi connectivity index (χ4v) is 3.66. The minimum atomic E-state index is -0.426. The van der Waals surface area contributed by atoms with Crippen LogP contribution >= 0.6 is 0 Å². The lowest BCUT2D eigenvalue weighted by molar-refractivity contribution is 0.0999. The Kier molecular flexibility index (Phi) is 5.16. The number of nitrogens with zero attached hydrogens (tertiary/aromatic N) is 1. The Labute approximate surface area is 169 Å². The lowest BCUT2D eigenvalue weighted by Crippen LogP contribution is -2.15. The van der Waals surface area contributed by atoms with Crippen LogP contribution in [0.2, 0.25) is 0 Å². The number of methoxy groups -OCH3 is 1. The Morgan fingerprint density at radius 2 is 1.79 bits per heavy atom. The molecule has 0 fully saturated rings. The van der Waals surface area contributed by atoms with Crippen molar-refractivity contribution < 1.29 is 19.0 Å². The van der Waals surface area contributed by atoms with Crippen molar-refractivity contribution in [3.8, 4) is 28.5 Å². The maximum absolute atomic E-state index is 11.9. The zero-order valence-corrected chi connectivity index (χ0v) is 16.6. The molecule has 0 saturated heterocycles. The third kappa shape index (κ3) is 3.78. The Morgan fingerprint density at radius 1 is 1.07 bits per heavy atom. The van der Waals surface area contributed by atoms with E-state index in [1.54, 1.807) is 7.11 Å². The van der Waals surface area contributed by atoms with Gasteiger partial charge in [0.15, 0.2) is 11.5 Å². The third-order valence-corrected chi connectivity index (χ3v) is 5.25. The highest BCUT2D eigenvalue weighted by molar-refractivity contribution is 5.95. The van der Waals surface area contributed by atoms with E-state index in [0.717, 1.165) is 47.2 Å². The summed E-state index contributed by atoms with van der Waals surface area (Å²) < 4.78 is 18.7. The molecule has 0 saturated carbocycles. The predicted molar refractivity (Wildman–Crippen MR) is 111 cm³/mol. The van der Waals surface area contributed by atoms with Crippen molar-refractivity contribution in [3.05, 3.63) is 65.4 Å². The van der Waals surface area contributed by atoms with Crippen molar-refractivity contribution in [3.63, 3.8) is 0 Å².